The average Bonchev–Trinajstić information content (AvgIpc) is 3.38. The Bertz CT molecular complexity index is 1370. The Hall–Kier alpha value is -2.89. The zero-order chi connectivity index (χ0) is 26.4. The van der Waals surface area contributed by atoms with Crippen molar-refractivity contribution in [1.82, 2.24) is 19.6 Å². The van der Waals surface area contributed by atoms with E-state index in [1.165, 1.54) is 19.2 Å². The number of hydrazone groups is 1. The van der Waals surface area contributed by atoms with Gasteiger partial charge in [0.25, 0.3) is 10.0 Å². The molecule has 0 unspecified atom stereocenters. The first kappa shape index (κ1) is 25.7. The van der Waals surface area contributed by atoms with E-state index in [1.807, 2.05) is 13.8 Å². The number of likely N-dealkylation sites (tertiary alicyclic amines) is 1. The number of amidine groups is 1. The lowest BCUT2D eigenvalue weighted by atomic mass is 9.77. The number of sulfonamides is 1. The summed E-state index contributed by atoms with van der Waals surface area (Å²) >= 11 is 0. The second-order valence-corrected chi connectivity index (χ2v) is 12.2. The van der Waals surface area contributed by atoms with E-state index >= 15 is 0 Å². The quantitative estimate of drug-likeness (QED) is 0.633. The number of nitrogens with one attached hydrogen (secondary N) is 1. The van der Waals surface area contributed by atoms with Gasteiger partial charge in [-0.15, -0.1) is 0 Å². The third-order valence-electron chi connectivity index (χ3n) is 7.87. The molecule has 0 bridgehead atoms. The van der Waals surface area contributed by atoms with Gasteiger partial charge in [0.05, 0.1) is 19.2 Å². The maximum absolute atomic E-state index is 14.7. The maximum Gasteiger partial charge on any atom is 0.258 e. The molecule has 4 heterocycles. The fourth-order valence-corrected chi connectivity index (χ4v) is 6.81. The highest BCUT2D eigenvalue weighted by molar-refractivity contribution is 8.04. The summed E-state index contributed by atoms with van der Waals surface area (Å²) < 4.78 is 48.2. The van der Waals surface area contributed by atoms with E-state index in [0.29, 0.717) is 47.2 Å². The molecule has 0 aliphatic carbocycles. The summed E-state index contributed by atoms with van der Waals surface area (Å²) in [6.45, 7) is 5.97. The Labute approximate surface area is 217 Å². The van der Waals surface area contributed by atoms with Crippen LogP contribution in [-0.4, -0.2) is 72.8 Å². The SMILES string of the molecule is COc1cc(-c2cc(F)cc(C(C)C)c2N=C2CC(S(=O)(=O)N3CCC4(CCN4C)CC3)=NN2)ccn1. The molecule has 0 atom stereocenters. The Morgan fingerprint density at radius 1 is 1.16 bits per heavy atom. The number of hydrogen-bond donors (Lipinski definition) is 1. The lowest BCUT2D eigenvalue weighted by Gasteiger charge is -2.54. The first-order chi connectivity index (χ1) is 17.6. The van der Waals surface area contributed by atoms with E-state index < -0.39 is 10.0 Å². The zero-order valence-electron chi connectivity index (χ0n) is 21.7. The molecule has 2 fully saturated rings. The number of hydrogen-bond acceptors (Lipinski definition) is 7. The topological polar surface area (TPSA) is 99.5 Å². The van der Waals surface area contributed by atoms with Gasteiger partial charge in [-0.25, -0.2) is 22.8 Å². The minimum atomic E-state index is -3.71. The number of ether oxygens (including phenoxy) is 1. The van der Waals surface area contributed by atoms with Gasteiger partial charge in [0, 0.05) is 43.0 Å². The van der Waals surface area contributed by atoms with Crippen molar-refractivity contribution in [2.45, 2.75) is 51.0 Å². The number of nitrogens with zero attached hydrogens (tertiary/aromatic N) is 5. The molecule has 2 saturated heterocycles. The number of methoxy groups -OCH3 is 1. The van der Waals surface area contributed by atoms with Gasteiger partial charge in [-0.3, -0.25) is 5.43 Å². The highest BCUT2D eigenvalue weighted by Crippen LogP contribution is 2.40. The summed E-state index contributed by atoms with van der Waals surface area (Å²) in [6, 6.07) is 6.39. The molecule has 1 spiro atoms. The normalized spacial score (nSPS) is 21.2. The Morgan fingerprint density at radius 3 is 2.51 bits per heavy atom. The maximum atomic E-state index is 14.7. The Morgan fingerprint density at radius 2 is 1.89 bits per heavy atom. The van der Waals surface area contributed by atoms with Crippen molar-refractivity contribution in [2.75, 3.05) is 33.8 Å². The van der Waals surface area contributed by atoms with E-state index in [4.69, 9.17) is 9.73 Å². The second kappa shape index (κ2) is 9.77. The average molecular weight is 529 g/mol. The summed E-state index contributed by atoms with van der Waals surface area (Å²) in [4.78, 5) is 11.3. The molecule has 3 aliphatic heterocycles. The van der Waals surface area contributed by atoms with Crippen LogP contribution in [0.15, 0.2) is 40.6 Å². The van der Waals surface area contributed by atoms with Crippen LogP contribution in [0.25, 0.3) is 11.1 Å². The van der Waals surface area contributed by atoms with Crippen molar-refractivity contribution in [1.29, 1.82) is 0 Å². The number of halogens is 1. The smallest absolute Gasteiger partial charge is 0.258 e. The highest BCUT2D eigenvalue weighted by atomic mass is 32.2. The van der Waals surface area contributed by atoms with Gasteiger partial charge in [-0.1, -0.05) is 13.8 Å². The lowest BCUT2D eigenvalue weighted by molar-refractivity contribution is -0.0261. The summed E-state index contributed by atoms with van der Waals surface area (Å²) in [5.41, 5.74) is 5.51. The fraction of sp³-hybridized carbons (Fsp3) is 0.500. The summed E-state index contributed by atoms with van der Waals surface area (Å²) in [7, 11) is -0.0763. The standard InChI is InChI=1S/C26H33FN6O3S/c1-17(2)20-14-19(27)15-21(18-5-9-28-23(13-18)36-4)25(20)29-22-16-24(31-30-22)37(34,35)33-11-7-26(8-12-33)6-10-32(26)3/h5,9,13-15,17H,6-8,10-12,16H2,1-4H3,(H,29,30). The molecule has 2 aromatic rings. The highest BCUT2D eigenvalue weighted by Gasteiger charge is 2.47. The molecule has 0 saturated carbocycles. The first-order valence-corrected chi connectivity index (χ1v) is 14.0. The third-order valence-corrected chi connectivity index (χ3v) is 9.75. The summed E-state index contributed by atoms with van der Waals surface area (Å²) in [5, 5.41) is 4.22. The Balaban J connectivity index is 1.42. The number of aromatic nitrogens is 1. The number of benzene rings is 1. The number of rotatable bonds is 5. The summed E-state index contributed by atoms with van der Waals surface area (Å²) in [5.74, 6) is 0.408. The molecule has 5 rings (SSSR count). The van der Waals surface area contributed by atoms with Crippen molar-refractivity contribution in [3.63, 3.8) is 0 Å². The van der Waals surface area contributed by atoms with Crippen LogP contribution >= 0.6 is 0 Å². The largest absolute Gasteiger partial charge is 0.481 e. The van der Waals surface area contributed by atoms with E-state index in [9.17, 15) is 12.8 Å². The van der Waals surface area contributed by atoms with Crippen molar-refractivity contribution in [3.05, 3.63) is 41.8 Å². The molecule has 3 aliphatic rings. The van der Waals surface area contributed by atoms with E-state index in [2.05, 4.69) is 27.5 Å². The predicted octanol–water partition coefficient (Wildman–Crippen LogP) is 3.86. The van der Waals surface area contributed by atoms with E-state index in [-0.39, 0.29) is 28.7 Å². The first-order valence-electron chi connectivity index (χ1n) is 12.6. The molecule has 11 heteroatoms. The fourth-order valence-electron chi connectivity index (χ4n) is 5.37. The number of piperidine rings is 1. The van der Waals surface area contributed by atoms with Gasteiger partial charge in [0.2, 0.25) is 5.88 Å². The number of pyridine rings is 1. The van der Waals surface area contributed by atoms with Crippen LogP contribution < -0.4 is 10.2 Å². The van der Waals surface area contributed by atoms with Crippen LogP contribution in [0.1, 0.15) is 51.0 Å². The minimum absolute atomic E-state index is 0.0200. The number of aliphatic imine (C=N–C) groups is 1. The molecule has 9 nitrogen and oxygen atoms in total. The van der Waals surface area contributed by atoms with Crippen molar-refractivity contribution < 1.29 is 17.5 Å². The van der Waals surface area contributed by atoms with Gasteiger partial charge in [0.1, 0.15) is 11.7 Å². The minimum Gasteiger partial charge on any atom is -0.481 e. The van der Waals surface area contributed by atoms with Crippen LogP contribution in [0, 0.1) is 5.82 Å². The van der Waals surface area contributed by atoms with Crippen molar-refractivity contribution >= 4 is 26.6 Å². The van der Waals surface area contributed by atoms with Crippen LogP contribution in [0.5, 0.6) is 5.88 Å². The molecule has 198 valence electrons. The molecule has 0 radical (unpaired) electrons. The van der Waals surface area contributed by atoms with Crippen LogP contribution in [0.2, 0.25) is 0 Å². The van der Waals surface area contributed by atoms with Gasteiger partial charge >= 0.3 is 0 Å². The van der Waals surface area contributed by atoms with Gasteiger partial charge in [0.15, 0.2) is 5.04 Å². The molecule has 1 aromatic heterocycles. The van der Waals surface area contributed by atoms with Crippen molar-refractivity contribution in [3.8, 4) is 17.0 Å². The molecular weight excluding hydrogens is 495 g/mol. The lowest BCUT2D eigenvalue weighted by Crippen LogP contribution is -2.63. The molecular formula is C26H33FN6O3S. The van der Waals surface area contributed by atoms with Crippen LogP contribution in [0.4, 0.5) is 10.1 Å². The third kappa shape index (κ3) is 4.75. The van der Waals surface area contributed by atoms with Crippen molar-refractivity contribution in [2.24, 2.45) is 10.1 Å². The van der Waals surface area contributed by atoms with Gasteiger partial charge in [-0.05, 0) is 61.6 Å². The second-order valence-electron chi connectivity index (χ2n) is 10.3. The van der Waals surface area contributed by atoms with Crippen LogP contribution in [0.3, 0.4) is 0 Å². The van der Waals surface area contributed by atoms with Gasteiger partial charge < -0.3 is 9.64 Å². The van der Waals surface area contributed by atoms with E-state index in [1.54, 1.807) is 22.6 Å². The summed E-state index contributed by atoms with van der Waals surface area (Å²) in [6.07, 6.45) is 4.43. The molecule has 1 N–H and O–H groups in total. The molecule has 0 amide bonds. The van der Waals surface area contributed by atoms with E-state index in [0.717, 1.165) is 25.8 Å². The van der Waals surface area contributed by atoms with Crippen LogP contribution in [-0.2, 0) is 10.0 Å². The monoisotopic (exact) mass is 528 g/mol. The zero-order valence-corrected chi connectivity index (χ0v) is 22.5. The Kier molecular flexibility index (Phi) is 6.80. The molecule has 1 aromatic carbocycles. The predicted molar refractivity (Wildman–Crippen MR) is 142 cm³/mol. The molecule has 37 heavy (non-hydrogen) atoms. The van der Waals surface area contributed by atoms with Gasteiger partial charge in [-0.2, -0.15) is 9.41 Å².